The summed E-state index contributed by atoms with van der Waals surface area (Å²) in [6.07, 6.45) is 0. The molecule has 0 radical (unpaired) electrons. The van der Waals surface area contributed by atoms with Crippen LogP contribution in [-0.4, -0.2) is 31.6 Å². The molecule has 0 saturated carbocycles. The van der Waals surface area contributed by atoms with Crippen molar-refractivity contribution in [3.63, 3.8) is 0 Å². The van der Waals surface area contributed by atoms with Crippen molar-refractivity contribution in [1.29, 1.82) is 0 Å². The van der Waals surface area contributed by atoms with Gasteiger partial charge in [-0.1, -0.05) is 65.8 Å². The standard InChI is InChI=1S/C25H24N2O4/c1-18(21-12-13-23-24(14-21)30-17-29-23)27-31-16-25(28)26-15-22(19-8-4-2-5-9-19)20-10-6-3-7-11-20/h2-14,22H,15-17H2,1H3,(H,26,28). The molecular weight excluding hydrogens is 392 g/mol. The van der Waals surface area contributed by atoms with Gasteiger partial charge in [-0.05, 0) is 36.2 Å². The molecule has 0 fully saturated rings. The SMILES string of the molecule is CC(=NOCC(=O)NCC(c1ccccc1)c1ccccc1)c1ccc2c(c1)OCO2. The fourth-order valence-corrected chi connectivity index (χ4v) is 3.43. The molecule has 6 heteroatoms. The van der Waals surface area contributed by atoms with E-state index in [1.807, 2.05) is 61.5 Å². The summed E-state index contributed by atoms with van der Waals surface area (Å²) in [5, 5.41) is 7.02. The molecule has 0 unspecified atom stereocenters. The molecule has 1 heterocycles. The van der Waals surface area contributed by atoms with Crippen LogP contribution in [0.25, 0.3) is 0 Å². The van der Waals surface area contributed by atoms with Crippen molar-refractivity contribution in [3.05, 3.63) is 95.6 Å². The second-order valence-corrected chi connectivity index (χ2v) is 7.20. The number of ether oxygens (including phenoxy) is 2. The first-order valence-corrected chi connectivity index (χ1v) is 10.1. The summed E-state index contributed by atoms with van der Waals surface area (Å²) in [5.41, 5.74) is 3.79. The predicted octanol–water partition coefficient (Wildman–Crippen LogP) is 4.10. The minimum Gasteiger partial charge on any atom is -0.454 e. The third kappa shape index (κ3) is 5.22. The summed E-state index contributed by atoms with van der Waals surface area (Å²) in [5.74, 6) is 1.23. The van der Waals surface area contributed by atoms with Crippen LogP contribution in [0.2, 0.25) is 0 Å². The number of hydrogen-bond acceptors (Lipinski definition) is 5. The van der Waals surface area contributed by atoms with E-state index < -0.39 is 0 Å². The number of nitrogens with zero attached hydrogens (tertiary/aromatic N) is 1. The molecule has 1 N–H and O–H groups in total. The van der Waals surface area contributed by atoms with Crippen molar-refractivity contribution in [2.45, 2.75) is 12.8 Å². The number of oxime groups is 1. The molecule has 3 aromatic carbocycles. The number of carbonyl (C=O) groups excluding carboxylic acids is 1. The van der Waals surface area contributed by atoms with E-state index in [4.69, 9.17) is 14.3 Å². The highest BCUT2D eigenvalue weighted by Gasteiger charge is 2.16. The van der Waals surface area contributed by atoms with Gasteiger partial charge in [-0.2, -0.15) is 0 Å². The maximum absolute atomic E-state index is 12.3. The number of nitrogens with one attached hydrogen (secondary N) is 1. The zero-order valence-electron chi connectivity index (χ0n) is 17.3. The summed E-state index contributed by atoms with van der Waals surface area (Å²) < 4.78 is 10.7. The fourth-order valence-electron chi connectivity index (χ4n) is 3.43. The molecule has 3 aromatic rings. The fraction of sp³-hybridized carbons (Fsp3) is 0.200. The maximum atomic E-state index is 12.3. The molecule has 1 amide bonds. The normalized spacial score (nSPS) is 12.6. The van der Waals surface area contributed by atoms with Crippen molar-refractivity contribution in [3.8, 4) is 11.5 Å². The van der Waals surface area contributed by atoms with Gasteiger partial charge in [-0.3, -0.25) is 4.79 Å². The van der Waals surface area contributed by atoms with Gasteiger partial charge >= 0.3 is 0 Å². The zero-order chi connectivity index (χ0) is 21.5. The van der Waals surface area contributed by atoms with Gasteiger partial charge in [-0.15, -0.1) is 0 Å². The summed E-state index contributed by atoms with van der Waals surface area (Å²) in [4.78, 5) is 17.6. The highest BCUT2D eigenvalue weighted by Crippen LogP contribution is 2.32. The summed E-state index contributed by atoms with van der Waals surface area (Å²) in [6.45, 7) is 2.36. The summed E-state index contributed by atoms with van der Waals surface area (Å²) in [7, 11) is 0. The lowest BCUT2D eigenvalue weighted by molar-refractivity contribution is -0.125. The highest BCUT2D eigenvalue weighted by molar-refractivity contribution is 5.99. The first-order valence-electron chi connectivity index (χ1n) is 10.1. The van der Waals surface area contributed by atoms with Gasteiger partial charge in [-0.25, -0.2) is 0 Å². The Bertz CT molecular complexity index is 1010. The molecule has 0 aliphatic carbocycles. The van der Waals surface area contributed by atoms with Crippen molar-refractivity contribution in [2.75, 3.05) is 19.9 Å². The largest absolute Gasteiger partial charge is 0.454 e. The molecule has 158 valence electrons. The van der Waals surface area contributed by atoms with E-state index in [0.29, 0.717) is 23.8 Å². The smallest absolute Gasteiger partial charge is 0.260 e. The Morgan fingerprint density at radius 2 is 1.61 bits per heavy atom. The van der Waals surface area contributed by atoms with Crippen molar-refractivity contribution >= 4 is 11.6 Å². The Morgan fingerprint density at radius 1 is 0.968 bits per heavy atom. The molecule has 6 nitrogen and oxygen atoms in total. The number of fused-ring (bicyclic) bond motifs is 1. The van der Waals surface area contributed by atoms with Crippen molar-refractivity contribution < 1.29 is 19.1 Å². The van der Waals surface area contributed by atoms with E-state index in [2.05, 4.69) is 34.7 Å². The highest BCUT2D eigenvalue weighted by atomic mass is 16.7. The quantitative estimate of drug-likeness (QED) is 0.443. The predicted molar refractivity (Wildman–Crippen MR) is 118 cm³/mol. The average molecular weight is 416 g/mol. The summed E-state index contributed by atoms with van der Waals surface area (Å²) in [6, 6.07) is 25.8. The van der Waals surface area contributed by atoms with E-state index in [9.17, 15) is 4.79 Å². The first-order chi connectivity index (χ1) is 15.2. The number of amides is 1. The third-order valence-corrected chi connectivity index (χ3v) is 5.09. The van der Waals surface area contributed by atoms with Crippen molar-refractivity contribution in [1.82, 2.24) is 5.32 Å². The van der Waals surface area contributed by atoms with Crippen LogP contribution in [0.4, 0.5) is 0 Å². The van der Waals surface area contributed by atoms with Crippen LogP contribution in [0.1, 0.15) is 29.5 Å². The molecule has 0 atom stereocenters. The molecule has 4 rings (SSSR count). The van der Waals surface area contributed by atoms with Crippen LogP contribution in [0, 0.1) is 0 Å². The molecule has 31 heavy (non-hydrogen) atoms. The lowest BCUT2D eigenvalue weighted by Gasteiger charge is -2.18. The molecule has 1 aliphatic heterocycles. The number of rotatable bonds is 8. The van der Waals surface area contributed by atoms with Crippen LogP contribution in [0.3, 0.4) is 0 Å². The van der Waals surface area contributed by atoms with Crippen LogP contribution < -0.4 is 14.8 Å². The van der Waals surface area contributed by atoms with Gasteiger partial charge in [0.1, 0.15) is 0 Å². The molecule has 0 spiro atoms. The molecule has 0 aromatic heterocycles. The Hall–Kier alpha value is -3.80. The minimum absolute atomic E-state index is 0.0604. The van der Waals surface area contributed by atoms with E-state index >= 15 is 0 Å². The minimum atomic E-state index is -0.223. The van der Waals surface area contributed by atoms with E-state index in [0.717, 1.165) is 16.7 Å². The van der Waals surface area contributed by atoms with Gasteiger partial charge < -0.3 is 19.6 Å². The summed E-state index contributed by atoms with van der Waals surface area (Å²) >= 11 is 0. The van der Waals surface area contributed by atoms with Crippen LogP contribution in [0.15, 0.2) is 84.0 Å². The topological polar surface area (TPSA) is 69.2 Å². The van der Waals surface area contributed by atoms with Gasteiger partial charge in [0.25, 0.3) is 5.91 Å². The second-order valence-electron chi connectivity index (χ2n) is 7.20. The van der Waals surface area contributed by atoms with Gasteiger partial charge in [0.2, 0.25) is 6.79 Å². The van der Waals surface area contributed by atoms with Gasteiger partial charge in [0.05, 0.1) is 5.71 Å². The van der Waals surface area contributed by atoms with Crippen LogP contribution >= 0.6 is 0 Å². The Morgan fingerprint density at radius 3 is 2.29 bits per heavy atom. The Kier molecular flexibility index (Phi) is 6.47. The van der Waals surface area contributed by atoms with Crippen molar-refractivity contribution in [2.24, 2.45) is 5.16 Å². The molecule has 0 bridgehead atoms. The number of hydrogen-bond donors (Lipinski definition) is 1. The maximum Gasteiger partial charge on any atom is 0.260 e. The number of carbonyl (C=O) groups is 1. The molecule has 1 aliphatic rings. The van der Waals surface area contributed by atoms with E-state index in [-0.39, 0.29) is 25.2 Å². The Balaban J connectivity index is 1.33. The monoisotopic (exact) mass is 416 g/mol. The van der Waals surface area contributed by atoms with E-state index in [1.54, 1.807) is 0 Å². The zero-order valence-corrected chi connectivity index (χ0v) is 17.3. The van der Waals surface area contributed by atoms with Gasteiger partial charge in [0, 0.05) is 18.0 Å². The average Bonchev–Trinajstić information content (AvgIpc) is 3.28. The number of benzene rings is 3. The second kappa shape index (κ2) is 9.80. The van der Waals surface area contributed by atoms with Crippen LogP contribution in [0.5, 0.6) is 11.5 Å². The van der Waals surface area contributed by atoms with E-state index in [1.165, 1.54) is 0 Å². The third-order valence-electron chi connectivity index (χ3n) is 5.09. The first kappa shape index (κ1) is 20.5. The Labute approximate surface area is 181 Å². The lowest BCUT2D eigenvalue weighted by Crippen LogP contribution is -2.31. The molecule has 0 saturated heterocycles. The van der Waals surface area contributed by atoms with Gasteiger partial charge in [0.15, 0.2) is 18.1 Å². The van der Waals surface area contributed by atoms with Crippen LogP contribution in [-0.2, 0) is 9.63 Å². The lowest BCUT2D eigenvalue weighted by atomic mass is 9.91. The molecular formula is C25H24N2O4.